The van der Waals surface area contributed by atoms with Gasteiger partial charge in [-0.1, -0.05) is 20.3 Å². The molecule has 0 aliphatic carbocycles. The lowest BCUT2D eigenvalue weighted by Crippen LogP contribution is -2.11. The number of hydrogen-bond acceptors (Lipinski definition) is 3. The van der Waals surface area contributed by atoms with Crippen LogP contribution in [0.25, 0.3) is 0 Å². The average Bonchev–Trinajstić information content (AvgIpc) is 2.21. The van der Waals surface area contributed by atoms with Gasteiger partial charge in [0.1, 0.15) is 11.5 Å². The fourth-order valence-electron chi connectivity index (χ4n) is 1.12. The second kappa shape index (κ2) is 5.39. The Morgan fingerprint density at radius 3 is 2.53 bits per heavy atom. The van der Waals surface area contributed by atoms with Gasteiger partial charge in [0.05, 0.1) is 0 Å². The van der Waals surface area contributed by atoms with Gasteiger partial charge in [-0.15, -0.1) is 0 Å². The SMILES string of the molecule is CCC(C)CC(=O)Oc1ccc(O)cc1. The summed E-state index contributed by atoms with van der Waals surface area (Å²) in [4.78, 5) is 11.4. The van der Waals surface area contributed by atoms with Crippen LogP contribution in [0.5, 0.6) is 11.5 Å². The Morgan fingerprint density at radius 1 is 1.40 bits per heavy atom. The van der Waals surface area contributed by atoms with Crippen molar-refractivity contribution in [2.24, 2.45) is 5.92 Å². The highest BCUT2D eigenvalue weighted by atomic mass is 16.5. The van der Waals surface area contributed by atoms with Crippen molar-refractivity contribution >= 4 is 5.97 Å². The van der Waals surface area contributed by atoms with E-state index in [0.717, 1.165) is 6.42 Å². The topological polar surface area (TPSA) is 46.5 Å². The van der Waals surface area contributed by atoms with Crippen molar-refractivity contribution < 1.29 is 14.6 Å². The van der Waals surface area contributed by atoms with Gasteiger partial charge < -0.3 is 9.84 Å². The van der Waals surface area contributed by atoms with E-state index in [2.05, 4.69) is 0 Å². The maximum absolute atomic E-state index is 11.4. The molecule has 1 aromatic rings. The predicted molar refractivity (Wildman–Crippen MR) is 57.8 cm³/mol. The fourth-order valence-corrected chi connectivity index (χ4v) is 1.12. The first kappa shape index (κ1) is 11.6. The Labute approximate surface area is 89.7 Å². The maximum Gasteiger partial charge on any atom is 0.311 e. The third kappa shape index (κ3) is 4.02. The van der Waals surface area contributed by atoms with Gasteiger partial charge in [0.2, 0.25) is 0 Å². The lowest BCUT2D eigenvalue weighted by molar-refractivity contribution is -0.135. The summed E-state index contributed by atoms with van der Waals surface area (Å²) in [5.74, 6) is 0.752. The number of phenols is 1. The number of carbonyl (C=O) groups excluding carboxylic acids is 1. The minimum atomic E-state index is -0.227. The molecular formula is C12H16O3. The van der Waals surface area contributed by atoms with Crippen LogP contribution in [-0.2, 0) is 4.79 Å². The lowest BCUT2D eigenvalue weighted by atomic mass is 10.1. The molecule has 1 atom stereocenters. The van der Waals surface area contributed by atoms with Crippen LogP contribution in [0, 0.1) is 5.92 Å². The first-order valence-corrected chi connectivity index (χ1v) is 5.11. The zero-order valence-corrected chi connectivity index (χ0v) is 9.06. The Kier molecular flexibility index (Phi) is 4.16. The number of carbonyl (C=O) groups is 1. The monoisotopic (exact) mass is 208 g/mol. The van der Waals surface area contributed by atoms with E-state index in [4.69, 9.17) is 9.84 Å². The van der Waals surface area contributed by atoms with Crippen LogP contribution in [0.15, 0.2) is 24.3 Å². The molecule has 0 heterocycles. The summed E-state index contributed by atoms with van der Waals surface area (Å²) in [5, 5.41) is 9.03. The second-order valence-corrected chi connectivity index (χ2v) is 3.69. The molecule has 0 amide bonds. The molecule has 0 saturated carbocycles. The van der Waals surface area contributed by atoms with Gasteiger partial charge in [0.15, 0.2) is 0 Å². The predicted octanol–water partition coefficient (Wildman–Crippen LogP) is 2.73. The second-order valence-electron chi connectivity index (χ2n) is 3.69. The van der Waals surface area contributed by atoms with Crippen molar-refractivity contribution in [1.82, 2.24) is 0 Å². The minimum absolute atomic E-state index is 0.164. The summed E-state index contributed by atoms with van der Waals surface area (Å²) in [5.41, 5.74) is 0. The van der Waals surface area contributed by atoms with Gasteiger partial charge in [0, 0.05) is 6.42 Å². The minimum Gasteiger partial charge on any atom is -0.508 e. The van der Waals surface area contributed by atoms with Gasteiger partial charge in [-0.2, -0.15) is 0 Å². The highest BCUT2D eigenvalue weighted by Crippen LogP contribution is 2.17. The third-order valence-electron chi connectivity index (χ3n) is 2.28. The first-order valence-electron chi connectivity index (χ1n) is 5.11. The molecule has 0 aromatic heterocycles. The molecule has 1 rings (SSSR count). The third-order valence-corrected chi connectivity index (χ3v) is 2.28. The molecule has 0 fully saturated rings. The van der Waals surface area contributed by atoms with E-state index in [1.54, 1.807) is 12.1 Å². The zero-order valence-electron chi connectivity index (χ0n) is 9.06. The maximum atomic E-state index is 11.4. The van der Waals surface area contributed by atoms with Gasteiger partial charge in [-0.05, 0) is 30.2 Å². The van der Waals surface area contributed by atoms with Crippen molar-refractivity contribution in [2.75, 3.05) is 0 Å². The Hall–Kier alpha value is -1.51. The van der Waals surface area contributed by atoms with E-state index in [1.165, 1.54) is 12.1 Å². The van der Waals surface area contributed by atoms with E-state index < -0.39 is 0 Å². The summed E-state index contributed by atoms with van der Waals surface area (Å²) in [6.45, 7) is 4.05. The van der Waals surface area contributed by atoms with E-state index in [0.29, 0.717) is 18.1 Å². The van der Waals surface area contributed by atoms with Crippen LogP contribution in [0.4, 0.5) is 0 Å². The number of benzene rings is 1. The van der Waals surface area contributed by atoms with Gasteiger partial charge in [-0.3, -0.25) is 4.79 Å². The molecule has 0 bridgehead atoms. The highest BCUT2D eigenvalue weighted by molar-refractivity contribution is 5.72. The molecule has 0 spiro atoms. The summed E-state index contributed by atoms with van der Waals surface area (Å²) >= 11 is 0. The molecule has 1 N–H and O–H groups in total. The van der Waals surface area contributed by atoms with Crippen LogP contribution in [0.1, 0.15) is 26.7 Å². The molecule has 0 aliphatic rings. The molecule has 1 aromatic carbocycles. The van der Waals surface area contributed by atoms with E-state index in [9.17, 15) is 4.79 Å². The van der Waals surface area contributed by atoms with Crippen molar-refractivity contribution in [1.29, 1.82) is 0 Å². The van der Waals surface area contributed by atoms with E-state index >= 15 is 0 Å². The molecule has 82 valence electrons. The van der Waals surface area contributed by atoms with Crippen molar-refractivity contribution in [3.63, 3.8) is 0 Å². The molecule has 1 unspecified atom stereocenters. The van der Waals surface area contributed by atoms with Crippen LogP contribution in [0.2, 0.25) is 0 Å². The van der Waals surface area contributed by atoms with Crippen molar-refractivity contribution in [2.45, 2.75) is 26.7 Å². The summed E-state index contributed by atoms with van der Waals surface area (Å²) in [6.07, 6.45) is 1.39. The van der Waals surface area contributed by atoms with Gasteiger partial charge >= 0.3 is 5.97 Å². The number of rotatable bonds is 4. The largest absolute Gasteiger partial charge is 0.508 e. The molecule has 3 nitrogen and oxygen atoms in total. The van der Waals surface area contributed by atoms with Crippen LogP contribution in [-0.4, -0.2) is 11.1 Å². The first-order chi connectivity index (χ1) is 7.11. The number of aromatic hydroxyl groups is 1. The molecule has 0 aliphatic heterocycles. The fraction of sp³-hybridized carbons (Fsp3) is 0.417. The molecule has 0 radical (unpaired) electrons. The number of ether oxygens (including phenoxy) is 1. The lowest BCUT2D eigenvalue weighted by Gasteiger charge is -2.08. The normalized spacial score (nSPS) is 12.1. The standard InChI is InChI=1S/C12H16O3/c1-3-9(2)8-12(14)15-11-6-4-10(13)5-7-11/h4-7,9,13H,3,8H2,1-2H3. The Balaban J connectivity index is 2.48. The van der Waals surface area contributed by atoms with Crippen molar-refractivity contribution in [3.8, 4) is 11.5 Å². The zero-order chi connectivity index (χ0) is 11.3. The number of esters is 1. The van der Waals surface area contributed by atoms with Gasteiger partial charge in [-0.25, -0.2) is 0 Å². The van der Waals surface area contributed by atoms with Gasteiger partial charge in [0.25, 0.3) is 0 Å². The van der Waals surface area contributed by atoms with Crippen LogP contribution in [0.3, 0.4) is 0 Å². The summed E-state index contributed by atoms with van der Waals surface area (Å²) in [6, 6.07) is 6.13. The molecular weight excluding hydrogens is 192 g/mol. The summed E-state index contributed by atoms with van der Waals surface area (Å²) in [7, 11) is 0. The smallest absolute Gasteiger partial charge is 0.311 e. The van der Waals surface area contributed by atoms with E-state index in [-0.39, 0.29) is 11.7 Å². The Morgan fingerprint density at radius 2 is 2.00 bits per heavy atom. The highest BCUT2D eigenvalue weighted by Gasteiger charge is 2.09. The molecule has 15 heavy (non-hydrogen) atoms. The quantitative estimate of drug-likeness (QED) is 0.611. The number of hydrogen-bond donors (Lipinski definition) is 1. The van der Waals surface area contributed by atoms with Crippen molar-refractivity contribution in [3.05, 3.63) is 24.3 Å². The number of phenolic OH excluding ortho intramolecular Hbond substituents is 1. The average molecular weight is 208 g/mol. The van der Waals surface area contributed by atoms with Crippen LogP contribution < -0.4 is 4.74 Å². The molecule has 0 saturated heterocycles. The van der Waals surface area contributed by atoms with E-state index in [1.807, 2.05) is 13.8 Å². The molecule has 3 heteroatoms. The Bertz CT molecular complexity index is 316. The van der Waals surface area contributed by atoms with Crippen LogP contribution >= 0.6 is 0 Å². The summed E-state index contributed by atoms with van der Waals surface area (Å²) < 4.78 is 5.09.